The number of nitrogens with one attached hydrogen (secondary N) is 5. The van der Waals surface area contributed by atoms with Gasteiger partial charge in [0.2, 0.25) is 29.5 Å². The summed E-state index contributed by atoms with van der Waals surface area (Å²) in [6, 6.07) is -8.48. The van der Waals surface area contributed by atoms with Crippen LogP contribution < -0.4 is 49.5 Å². The highest BCUT2D eigenvalue weighted by Gasteiger charge is 2.33. The zero-order chi connectivity index (χ0) is 41.9. The van der Waals surface area contributed by atoms with E-state index in [1.54, 1.807) is 0 Å². The van der Waals surface area contributed by atoms with E-state index in [1.165, 1.54) is 0 Å². The molecule has 0 aromatic heterocycles. The minimum absolute atomic E-state index is 0.00811. The third-order valence-corrected chi connectivity index (χ3v) is 8.29. The van der Waals surface area contributed by atoms with Gasteiger partial charge < -0.3 is 69.9 Å². The lowest BCUT2D eigenvalue weighted by atomic mass is 10.0. The fourth-order valence-corrected chi connectivity index (χ4v) is 5.12. The van der Waals surface area contributed by atoms with Gasteiger partial charge >= 0.3 is 23.9 Å². The average Bonchev–Trinajstić information content (AvgIpc) is 3.12. The van der Waals surface area contributed by atoms with Crippen molar-refractivity contribution in [3.63, 3.8) is 0 Å². The maximum Gasteiger partial charge on any atom is 0.326 e. The van der Waals surface area contributed by atoms with Crippen molar-refractivity contribution >= 4 is 53.4 Å². The number of aliphatic carboxylic acids is 4. The number of carbonyl (C=O) groups is 9. The van der Waals surface area contributed by atoms with Crippen LogP contribution in [0.1, 0.15) is 96.3 Å². The van der Waals surface area contributed by atoms with Gasteiger partial charge in [-0.25, -0.2) is 4.79 Å². The lowest BCUT2D eigenvalue weighted by molar-refractivity contribution is -0.143. The van der Waals surface area contributed by atoms with Gasteiger partial charge in [-0.05, 0) is 96.7 Å². The number of amides is 5. The van der Waals surface area contributed by atoms with Crippen LogP contribution in [0, 0.1) is 0 Å². The van der Waals surface area contributed by atoms with E-state index in [9.17, 15) is 58.5 Å². The molecule has 17 N–H and O–H groups in total. The van der Waals surface area contributed by atoms with Crippen LogP contribution in [0.4, 0.5) is 0 Å². The summed E-state index contributed by atoms with van der Waals surface area (Å²) >= 11 is 0. The molecule has 55 heavy (non-hydrogen) atoms. The van der Waals surface area contributed by atoms with Gasteiger partial charge in [-0.2, -0.15) is 0 Å². The van der Waals surface area contributed by atoms with E-state index in [0.29, 0.717) is 32.1 Å². The van der Waals surface area contributed by atoms with E-state index in [1.807, 2.05) is 0 Å². The Morgan fingerprint density at radius 2 is 0.655 bits per heavy atom. The second-order valence-corrected chi connectivity index (χ2v) is 12.9. The molecule has 0 aliphatic carbocycles. The maximum absolute atomic E-state index is 13.6. The van der Waals surface area contributed by atoms with Gasteiger partial charge in [0, 0.05) is 19.3 Å². The molecule has 0 bridgehead atoms. The van der Waals surface area contributed by atoms with Crippen molar-refractivity contribution in [3.05, 3.63) is 0 Å². The van der Waals surface area contributed by atoms with Gasteiger partial charge in [0.25, 0.3) is 0 Å². The molecule has 0 saturated carbocycles. The van der Waals surface area contributed by atoms with Crippen molar-refractivity contribution in [2.75, 3.05) is 19.6 Å². The molecule has 0 aromatic rings. The van der Waals surface area contributed by atoms with Crippen molar-refractivity contribution < 1.29 is 63.6 Å². The Labute approximate surface area is 318 Å². The third kappa shape index (κ3) is 22.8. The second kappa shape index (κ2) is 28.5. The first-order chi connectivity index (χ1) is 26.0. The fourth-order valence-electron chi connectivity index (χ4n) is 5.12. The smallest absolute Gasteiger partial charge is 0.326 e. The third-order valence-electron chi connectivity index (χ3n) is 8.29. The van der Waals surface area contributed by atoms with E-state index in [4.69, 9.17) is 28.0 Å². The van der Waals surface area contributed by atoms with Crippen molar-refractivity contribution in [1.29, 1.82) is 0 Å². The molecule has 22 heteroatoms. The zero-order valence-electron chi connectivity index (χ0n) is 31.0. The number of carboxylic acids is 4. The summed E-state index contributed by atoms with van der Waals surface area (Å²) in [5, 5.41) is 49.1. The van der Waals surface area contributed by atoms with E-state index in [-0.39, 0.29) is 51.7 Å². The van der Waals surface area contributed by atoms with Crippen molar-refractivity contribution in [2.24, 2.45) is 22.9 Å². The largest absolute Gasteiger partial charge is 0.481 e. The summed E-state index contributed by atoms with van der Waals surface area (Å²) < 4.78 is 0. The van der Waals surface area contributed by atoms with Gasteiger partial charge in [0.15, 0.2) is 0 Å². The molecule has 314 valence electrons. The topological polar surface area (TPSA) is 399 Å². The minimum atomic E-state index is -1.57. The van der Waals surface area contributed by atoms with E-state index < -0.39 is 122 Å². The molecule has 0 spiro atoms. The molecule has 0 radical (unpaired) electrons. The molecule has 0 aromatic carbocycles. The Hall–Kier alpha value is -4.93. The first-order valence-corrected chi connectivity index (χ1v) is 18.2. The van der Waals surface area contributed by atoms with Crippen molar-refractivity contribution in [3.8, 4) is 0 Å². The van der Waals surface area contributed by atoms with Crippen LogP contribution in [-0.2, 0) is 43.2 Å². The van der Waals surface area contributed by atoms with Crippen LogP contribution in [0.3, 0.4) is 0 Å². The van der Waals surface area contributed by atoms with Crippen molar-refractivity contribution in [2.45, 2.75) is 133 Å². The molecule has 0 fully saturated rings. The molecule has 22 nitrogen and oxygen atoms in total. The van der Waals surface area contributed by atoms with E-state index in [0.717, 1.165) is 0 Å². The Bertz CT molecular complexity index is 1290. The number of unbranched alkanes of at least 4 members (excludes halogenated alkanes) is 3. The number of rotatable bonds is 32. The molecule has 0 rings (SSSR count). The predicted molar refractivity (Wildman–Crippen MR) is 195 cm³/mol. The van der Waals surface area contributed by atoms with Crippen LogP contribution in [0.15, 0.2) is 0 Å². The SMILES string of the molecule is NCCCC[C@H](NC(=O)[C@H](CCC(=O)O)NC(=O)[C@H](CCCCN)NC(=O)[C@H](CCC(=O)O)NC(=O)[C@H](CCCCN)NC(=O)[C@@H](N)CCC(=O)O)C(=O)O. The molecule has 0 aliphatic rings. The summed E-state index contributed by atoms with van der Waals surface area (Å²) in [4.78, 5) is 112. The molecular weight excluding hydrogens is 730 g/mol. The molecule has 0 saturated heterocycles. The lowest BCUT2D eigenvalue weighted by Crippen LogP contribution is -2.59. The van der Waals surface area contributed by atoms with Crippen LogP contribution in [-0.4, -0.2) is 130 Å². The van der Waals surface area contributed by atoms with Gasteiger partial charge in [0.05, 0.1) is 6.04 Å². The zero-order valence-corrected chi connectivity index (χ0v) is 31.0. The second-order valence-electron chi connectivity index (χ2n) is 12.9. The van der Waals surface area contributed by atoms with Gasteiger partial charge in [-0.1, -0.05) is 0 Å². The van der Waals surface area contributed by atoms with Crippen LogP contribution >= 0.6 is 0 Å². The molecule has 0 aliphatic heterocycles. The summed E-state index contributed by atoms with van der Waals surface area (Å²) in [5.74, 6) is -9.90. The Morgan fingerprint density at radius 3 is 0.964 bits per heavy atom. The molecule has 6 atom stereocenters. The molecular formula is C33H59N9O13. The van der Waals surface area contributed by atoms with Crippen LogP contribution in [0.25, 0.3) is 0 Å². The maximum atomic E-state index is 13.6. The highest BCUT2D eigenvalue weighted by atomic mass is 16.4. The van der Waals surface area contributed by atoms with Gasteiger partial charge in [-0.3, -0.25) is 38.4 Å². The number of hydrogen-bond donors (Lipinski definition) is 13. The Kier molecular flexibility index (Phi) is 25.9. The molecule has 0 unspecified atom stereocenters. The quantitative estimate of drug-likeness (QED) is 0.0298. The first-order valence-electron chi connectivity index (χ1n) is 18.2. The van der Waals surface area contributed by atoms with E-state index >= 15 is 0 Å². The number of carboxylic acid groups (broad SMARTS) is 4. The lowest BCUT2D eigenvalue weighted by Gasteiger charge is -2.27. The summed E-state index contributed by atoms with van der Waals surface area (Å²) in [5.41, 5.74) is 22.4. The number of carbonyl (C=O) groups excluding carboxylic acids is 5. The summed E-state index contributed by atoms with van der Waals surface area (Å²) in [7, 11) is 0. The van der Waals surface area contributed by atoms with Gasteiger partial charge in [-0.15, -0.1) is 0 Å². The van der Waals surface area contributed by atoms with E-state index in [2.05, 4.69) is 26.6 Å². The monoisotopic (exact) mass is 789 g/mol. The van der Waals surface area contributed by atoms with Crippen molar-refractivity contribution in [1.82, 2.24) is 26.6 Å². The summed E-state index contributed by atoms with van der Waals surface area (Å²) in [6.07, 6.45) is -0.514. The van der Waals surface area contributed by atoms with Crippen LogP contribution in [0.5, 0.6) is 0 Å². The summed E-state index contributed by atoms with van der Waals surface area (Å²) in [6.45, 7) is 0.749. The van der Waals surface area contributed by atoms with Gasteiger partial charge in [0.1, 0.15) is 30.2 Å². The molecule has 5 amide bonds. The number of nitrogens with two attached hydrogens (primary N) is 4. The highest BCUT2D eigenvalue weighted by Crippen LogP contribution is 2.10. The number of hydrogen-bond acceptors (Lipinski definition) is 13. The van der Waals surface area contributed by atoms with Crippen LogP contribution in [0.2, 0.25) is 0 Å². The molecule has 0 heterocycles. The predicted octanol–water partition coefficient (Wildman–Crippen LogP) is -3.20. The normalized spacial score (nSPS) is 14.2. The highest BCUT2D eigenvalue weighted by molar-refractivity contribution is 5.96. The average molecular weight is 790 g/mol. The Balaban J connectivity index is 6.31. The fraction of sp³-hybridized carbons (Fsp3) is 0.727. The standard InChI is InChI=1S/C33H59N9O13/c34-16-4-1-7-20(38-28(49)19(37)10-13-25(43)44)29(50)40-22(11-14-26(45)46)31(52)39-21(8-2-5-17-35)30(51)41-23(12-15-27(47)48)32(53)42-24(33(54)55)9-3-6-18-36/h19-24H,1-18,34-37H2,(H,38,49)(H,39,52)(H,40,50)(H,41,51)(H,42,53)(H,43,44)(H,45,46)(H,47,48)(H,54,55)/t19-,20-,21-,22-,23-,24-/m0/s1. The first kappa shape index (κ1) is 50.1. The minimum Gasteiger partial charge on any atom is -0.481 e. The Morgan fingerprint density at radius 1 is 0.382 bits per heavy atom.